The minimum absolute atomic E-state index is 0.0292. The number of ether oxygens (including phenoxy) is 1. The molecule has 5 heteroatoms. The first kappa shape index (κ1) is 13.8. The van der Waals surface area contributed by atoms with Crippen LogP contribution >= 0.6 is 0 Å². The van der Waals surface area contributed by atoms with Gasteiger partial charge < -0.3 is 4.74 Å². The highest BCUT2D eigenvalue weighted by molar-refractivity contribution is 6.08. The zero-order valence-corrected chi connectivity index (χ0v) is 12.1. The first-order chi connectivity index (χ1) is 9.92. The molecule has 1 saturated heterocycles. The first-order valence-corrected chi connectivity index (χ1v) is 7.06. The van der Waals surface area contributed by atoms with E-state index >= 15 is 0 Å². The molecular formula is C16H18N2O3. The summed E-state index contributed by atoms with van der Waals surface area (Å²) in [7, 11) is 0. The highest BCUT2D eigenvalue weighted by Gasteiger charge is 2.64. The van der Waals surface area contributed by atoms with Crippen molar-refractivity contribution >= 4 is 17.7 Å². The van der Waals surface area contributed by atoms with Crippen molar-refractivity contribution in [2.45, 2.75) is 32.4 Å². The molecule has 21 heavy (non-hydrogen) atoms. The lowest BCUT2D eigenvalue weighted by molar-refractivity contribution is -0.179. The third-order valence-electron chi connectivity index (χ3n) is 4.41. The molecule has 0 bridgehead atoms. The van der Waals surface area contributed by atoms with Crippen LogP contribution in [0.3, 0.4) is 0 Å². The number of amides is 1. The monoisotopic (exact) mass is 286 g/mol. The molecule has 1 aromatic carbocycles. The Morgan fingerprint density at radius 3 is 2.71 bits per heavy atom. The van der Waals surface area contributed by atoms with E-state index in [0.29, 0.717) is 13.0 Å². The predicted octanol–water partition coefficient (Wildman–Crippen LogP) is 1.96. The van der Waals surface area contributed by atoms with E-state index in [1.54, 1.807) is 0 Å². The van der Waals surface area contributed by atoms with Gasteiger partial charge in [0.25, 0.3) is 0 Å². The van der Waals surface area contributed by atoms with Gasteiger partial charge in [-0.15, -0.1) is 0 Å². The number of fused-ring (bicyclic) bond motifs is 1. The van der Waals surface area contributed by atoms with Crippen molar-refractivity contribution in [2.75, 3.05) is 0 Å². The molecule has 1 heterocycles. The second-order valence-corrected chi connectivity index (χ2v) is 5.99. The smallest absolute Gasteiger partial charge is 0.303 e. The van der Waals surface area contributed by atoms with Crippen molar-refractivity contribution in [1.82, 2.24) is 4.90 Å². The van der Waals surface area contributed by atoms with Gasteiger partial charge >= 0.3 is 5.97 Å². The van der Waals surface area contributed by atoms with Gasteiger partial charge in [0.1, 0.15) is 11.4 Å². The lowest BCUT2D eigenvalue weighted by atomic mass is 9.63. The van der Waals surface area contributed by atoms with Crippen LogP contribution in [0.1, 0.15) is 25.8 Å². The topological polar surface area (TPSA) is 70.5 Å². The molecule has 110 valence electrons. The van der Waals surface area contributed by atoms with E-state index in [1.807, 2.05) is 37.3 Å². The number of carbonyl (C=O) groups excluding carboxylic acids is 2. The second kappa shape index (κ2) is 4.69. The van der Waals surface area contributed by atoms with Crippen molar-refractivity contribution in [3.05, 3.63) is 35.9 Å². The van der Waals surface area contributed by atoms with E-state index in [-0.39, 0.29) is 29.5 Å². The van der Waals surface area contributed by atoms with E-state index in [4.69, 9.17) is 10.1 Å². The fourth-order valence-electron chi connectivity index (χ4n) is 3.51. The maximum Gasteiger partial charge on any atom is 0.303 e. The Bertz CT molecular complexity index is 613. The molecule has 0 unspecified atom stereocenters. The summed E-state index contributed by atoms with van der Waals surface area (Å²) < 4.78 is 5.35. The van der Waals surface area contributed by atoms with Crippen LogP contribution in [0, 0.1) is 17.2 Å². The highest BCUT2D eigenvalue weighted by Crippen LogP contribution is 2.52. The van der Waals surface area contributed by atoms with E-state index in [9.17, 15) is 9.59 Å². The van der Waals surface area contributed by atoms with Crippen molar-refractivity contribution in [2.24, 2.45) is 11.8 Å². The van der Waals surface area contributed by atoms with Crippen LogP contribution < -0.4 is 0 Å². The third kappa shape index (κ3) is 2.13. The molecule has 3 rings (SSSR count). The van der Waals surface area contributed by atoms with Crippen LogP contribution in [0.5, 0.6) is 0 Å². The van der Waals surface area contributed by atoms with Gasteiger partial charge in [-0.25, -0.2) is 0 Å². The fraction of sp³-hybridized carbons (Fsp3) is 0.438. The summed E-state index contributed by atoms with van der Waals surface area (Å²) in [5, 5.41) is 8.29. The zero-order chi connectivity index (χ0) is 15.2. The van der Waals surface area contributed by atoms with Crippen LogP contribution in [0.2, 0.25) is 0 Å². The van der Waals surface area contributed by atoms with Crippen LogP contribution in [0.25, 0.3) is 0 Å². The molecule has 1 N–H and O–H groups in total. The van der Waals surface area contributed by atoms with E-state index in [1.165, 1.54) is 11.8 Å². The van der Waals surface area contributed by atoms with Gasteiger partial charge in [0.05, 0.1) is 18.4 Å². The fourth-order valence-corrected chi connectivity index (χ4v) is 3.51. The van der Waals surface area contributed by atoms with Crippen molar-refractivity contribution in [3.63, 3.8) is 0 Å². The second-order valence-electron chi connectivity index (χ2n) is 5.99. The number of hydrogen-bond acceptors (Lipinski definition) is 4. The van der Waals surface area contributed by atoms with Gasteiger partial charge in [0.15, 0.2) is 0 Å². The Labute approximate surface area is 123 Å². The molecule has 5 nitrogen and oxygen atoms in total. The Morgan fingerprint density at radius 2 is 2.10 bits per heavy atom. The Morgan fingerprint density at radius 1 is 1.43 bits per heavy atom. The molecule has 0 aromatic heterocycles. The van der Waals surface area contributed by atoms with Crippen molar-refractivity contribution < 1.29 is 14.3 Å². The summed E-state index contributed by atoms with van der Waals surface area (Å²) in [6.07, 6.45) is 0.504. The van der Waals surface area contributed by atoms with Gasteiger partial charge in [-0.2, -0.15) is 0 Å². The molecule has 3 atom stereocenters. The third-order valence-corrected chi connectivity index (χ3v) is 4.41. The number of amidine groups is 1. The van der Waals surface area contributed by atoms with Crippen molar-refractivity contribution in [1.29, 1.82) is 5.41 Å². The van der Waals surface area contributed by atoms with Gasteiger partial charge in [-0.1, -0.05) is 30.3 Å². The Hall–Kier alpha value is -2.17. The summed E-state index contributed by atoms with van der Waals surface area (Å²) >= 11 is 0. The Kier molecular flexibility index (Phi) is 3.08. The number of rotatable bonds is 3. The van der Waals surface area contributed by atoms with Crippen molar-refractivity contribution in [3.8, 4) is 0 Å². The molecule has 1 saturated carbocycles. The van der Waals surface area contributed by atoms with Gasteiger partial charge in [-0.05, 0) is 12.5 Å². The minimum Gasteiger partial charge on any atom is -0.459 e. The van der Waals surface area contributed by atoms with Crippen LogP contribution in [-0.2, 0) is 20.9 Å². The maximum atomic E-state index is 12.4. The lowest BCUT2D eigenvalue weighted by Gasteiger charge is -2.46. The normalized spacial score (nSPS) is 30.9. The molecule has 1 aliphatic carbocycles. The lowest BCUT2D eigenvalue weighted by Crippen LogP contribution is -2.55. The van der Waals surface area contributed by atoms with E-state index < -0.39 is 5.60 Å². The molecule has 1 aromatic rings. The molecular weight excluding hydrogens is 268 g/mol. The number of nitrogens with zero attached hydrogens (tertiary/aromatic N) is 1. The Balaban J connectivity index is 1.79. The average Bonchev–Trinajstić information content (AvgIpc) is 2.60. The number of benzene rings is 1. The number of nitrogens with one attached hydrogen (secondary N) is 1. The SMILES string of the molecule is CC(=O)O[C@]1(C)C[C@H]2C(=O)N(Cc3ccccc3)C(=N)[C@H]21. The zero-order valence-electron chi connectivity index (χ0n) is 12.1. The summed E-state index contributed by atoms with van der Waals surface area (Å²) in [4.78, 5) is 25.1. The minimum atomic E-state index is -0.714. The summed E-state index contributed by atoms with van der Waals surface area (Å²) in [5.74, 6) is -0.650. The van der Waals surface area contributed by atoms with E-state index in [0.717, 1.165) is 5.56 Å². The molecule has 0 radical (unpaired) electrons. The summed E-state index contributed by atoms with van der Waals surface area (Å²) in [6.45, 7) is 3.58. The van der Waals surface area contributed by atoms with Crippen LogP contribution in [0.4, 0.5) is 0 Å². The molecule has 2 fully saturated rings. The predicted molar refractivity (Wildman–Crippen MR) is 76.5 cm³/mol. The molecule has 2 aliphatic rings. The quantitative estimate of drug-likeness (QED) is 0.863. The molecule has 0 spiro atoms. The van der Waals surface area contributed by atoms with Gasteiger partial charge in [0, 0.05) is 13.3 Å². The number of esters is 1. The van der Waals surface area contributed by atoms with Crippen LogP contribution in [-0.4, -0.2) is 28.2 Å². The largest absolute Gasteiger partial charge is 0.459 e. The summed E-state index contributed by atoms with van der Waals surface area (Å²) in [6, 6.07) is 9.62. The maximum absolute atomic E-state index is 12.4. The number of carbonyl (C=O) groups is 2. The average molecular weight is 286 g/mol. The van der Waals surface area contributed by atoms with Gasteiger partial charge in [-0.3, -0.25) is 19.9 Å². The van der Waals surface area contributed by atoms with Crippen LogP contribution in [0.15, 0.2) is 30.3 Å². The number of hydrogen-bond donors (Lipinski definition) is 1. The summed E-state index contributed by atoms with van der Waals surface area (Å²) in [5.41, 5.74) is 0.278. The molecule has 1 amide bonds. The number of likely N-dealkylation sites (tertiary alicyclic amines) is 1. The first-order valence-electron chi connectivity index (χ1n) is 7.06. The van der Waals surface area contributed by atoms with Gasteiger partial charge in [0.2, 0.25) is 5.91 Å². The van der Waals surface area contributed by atoms with E-state index in [2.05, 4.69) is 0 Å². The molecule has 1 aliphatic heterocycles. The standard InChI is InChI=1S/C16H18N2O3/c1-10(19)21-16(2)8-12-13(16)14(17)18(15(12)20)9-11-6-4-3-5-7-11/h3-7,12-13,17H,8-9H2,1-2H3/t12-,13+,16-/m1/s1. The highest BCUT2D eigenvalue weighted by atomic mass is 16.6.